The molecule has 14 heavy (non-hydrogen) atoms. The third-order valence-electron chi connectivity index (χ3n) is 2.61. The predicted octanol–water partition coefficient (Wildman–Crippen LogP) is 2.95. The lowest BCUT2D eigenvalue weighted by molar-refractivity contribution is 0.531. The average Bonchev–Trinajstić information content (AvgIpc) is 2.67. The maximum atomic E-state index is 5.96. The highest BCUT2D eigenvalue weighted by Crippen LogP contribution is 2.43. The molecule has 1 nitrogen and oxygen atoms in total. The Kier molecular flexibility index (Phi) is 2.94. The average molecular weight is 205 g/mol. The molecule has 1 aromatic rings. The van der Waals surface area contributed by atoms with Crippen molar-refractivity contribution in [1.82, 2.24) is 0 Å². The third-order valence-corrected chi connectivity index (χ3v) is 3.80. The highest BCUT2D eigenvalue weighted by atomic mass is 32.2. The third kappa shape index (κ3) is 1.86. The summed E-state index contributed by atoms with van der Waals surface area (Å²) in [5, 5.41) is 2.68. The van der Waals surface area contributed by atoms with Gasteiger partial charge in [-0.05, 0) is 17.9 Å². The van der Waals surface area contributed by atoms with Gasteiger partial charge in [0.05, 0.1) is 0 Å². The van der Waals surface area contributed by atoms with Crippen molar-refractivity contribution in [2.45, 2.75) is 18.2 Å². The van der Waals surface area contributed by atoms with Gasteiger partial charge in [0.15, 0.2) is 0 Å². The van der Waals surface area contributed by atoms with Crippen LogP contribution in [0.1, 0.15) is 17.7 Å². The molecular weight excluding hydrogens is 190 g/mol. The number of thioether (sulfide) groups is 1. The van der Waals surface area contributed by atoms with Crippen LogP contribution in [0.25, 0.3) is 0 Å². The number of nitrogens with two attached hydrogens (primary N) is 1. The standard InChI is InChI=1S/C12H15NS/c1-9(13)11-7-8-14-12(11)10-5-3-2-4-6-10/h2-9,11-12H,13H2,1H3/t9?,11?,12-/m1/s1. The molecule has 0 amide bonds. The second-order valence-corrected chi connectivity index (χ2v) is 4.78. The van der Waals surface area contributed by atoms with Crippen LogP contribution in [0.15, 0.2) is 41.8 Å². The summed E-state index contributed by atoms with van der Waals surface area (Å²) in [5.41, 5.74) is 7.34. The first-order chi connectivity index (χ1) is 6.79. The van der Waals surface area contributed by atoms with Crippen LogP contribution in [0.3, 0.4) is 0 Å². The summed E-state index contributed by atoms with van der Waals surface area (Å²) in [4.78, 5) is 0. The first-order valence-corrected chi connectivity index (χ1v) is 5.86. The topological polar surface area (TPSA) is 26.0 Å². The van der Waals surface area contributed by atoms with Crippen LogP contribution >= 0.6 is 11.8 Å². The van der Waals surface area contributed by atoms with Crippen LogP contribution in [0.4, 0.5) is 0 Å². The van der Waals surface area contributed by atoms with E-state index in [1.54, 1.807) is 0 Å². The van der Waals surface area contributed by atoms with E-state index < -0.39 is 0 Å². The highest BCUT2D eigenvalue weighted by molar-refractivity contribution is 8.02. The largest absolute Gasteiger partial charge is 0.327 e. The fourth-order valence-electron chi connectivity index (χ4n) is 1.81. The smallest absolute Gasteiger partial charge is 0.0416 e. The van der Waals surface area contributed by atoms with Crippen LogP contribution in [0.2, 0.25) is 0 Å². The second kappa shape index (κ2) is 4.20. The van der Waals surface area contributed by atoms with Gasteiger partial charge in [0, 0.05) is 17.2 Å². The van der Waals surface area contributed by atoms with Crippen molar-refractivity contribution in [3.05, 3.63) is 47.4 Å². The minimum absolute atomic E-state index is 0.228. The van der Waals surface area contributed by atoms with Crippen molar-refractivity contribution in [2.75, 3.05) is 0 Å². The molecule has 3 atom stereocenters. The molecule has 0 aliphatic carbocycles. The molecule has 1 aliphatic heterocycles. The summed E-state index contributed by atoms with van der Waals surface area (Å²) >= 11 is 1.87. The Morgan fingerprint density at radius 2 is 2.00 bits per heavy atom. The fraction of sp³-hybridized carbons (Fsp3) is 0.333. The zero-order chi connectivity index (χ0) is 9.97. The van der Waals surface area contributed by atoms with Crippen LogP contribution in [0.5, 0.6) is 0 Å². The van der Waals surface area contributed by atoms with Crippen LogP contribution in [0, 0.1) is 5.92 Å². The normalized spacial score (nSPS) is 27.9. The quantitative estimate of drug-likeness (QED) is 0.803. The summed E-state index contributed by atoms with van der Waals surface area (Å²) in [6.07, 6.45) is 2.23. The van der Waals surface area contributed by atoms with E-state index in [0.29, 0.717) is 11.2 Å². The molecule has 1 aromatic carbocycles. The van der Waals surface area contributed by atoms with Crippen molar-refractivity contribution in [3.63, 3.8) is 0 Å². The fourth-order valence-corrected chi connectivity index (χ4v) is 3.08. The number of hydrogen-bond acceptors (Lipinski definition) is 2. The van der Waals surface area contributed by atoms with E-state index in [0.717, 1.165) is 0 Å². The van der Waals surface area contributed by atoms with Gasteiger partial charge in [-0.15, -0.1) is 11.8 Å². The second-order valence-electron chi connectivity index (χ2n) is 3.73. The Morgan fingerprint density at radius 3 is 2.64 bits per heavy atom. The van der Waals surface area contributed by atoms with E-state index in [2.05, 4.69) is 48.7 Å². The van der Waals surface area contributed by atoms with Crippen molar-refractivity contribution >= 4 is 11.8 Å². The Labute approximate surface area is 89.4 Å². The molecule has 0 bridgehead atoms. The van der Waals surface area contributed by atoms with Gasteiger partial charge in [0.1, 0.15) is 0 Å². The maximum Gasteiger partial charge on any atom is 0.0416 e. The molecule has 2 rings (SSSR count). The lowest BCUT2D eigenvalue weighted by Gasteiger charge is -2.21. The first-order valence-electron chi connectivity index (χ1n) is 4.91. The summed E-state index contributed by atoms with van der Waals surface area (Å²) in [5.74, 6) is 0.474. The Balaban J connectivity index is 2.20. The molecule has 2 N–H and O–H groups in total. The van der Waals surface area contributed by atoms with Crippen molar-refractivity contribution in [2.24, 2.45) is 11.7 Å². The molecule has 0 fully saturated rings. The lowest BCUT2D eigenvalue weighted by Crippen LogP contribution is -2.27. The molecule has 0 aromatic heterocycles. The molecule has 74 valence electrons. The van der Waals surface area contributed by atoms with E-state index in [-0.39, 0.29) is 6.04 Å². The van der Waals surface area contributed by atoms with Crippen molar-refractivity contribution in [1.29, 1.82) is 0 Å². The number of benzene rings is 1. The summed E-state index contributed by atoms with van der Waals surface area (Å²) in [7, 11) is 0. The molecule has 0 saturated carbocycles. The molecule has 2 unspecified atom stereocenters. The van der Waals surface area contributed by atoms with E-state index in [1.807, 2.05) is 11.8 Å². The van der Waals surface area contributed by atoms with Crippen molar-refractivity contribution in [3.8, 4) is 0 Å². The zero-order valence-corrected chi connectivity index (χ0v) is 9.08. The van der Waals surface area contributed by atoms with E-state index in [9.17, 15) is 0 Å². The monoisotopic (exact) mass is 205 g/mol. The first kappa shape index (κ1) is 9.81. The minimum atomic E-state index is 0.228. The van der Waals surface area contributed by atoms with Crippen LogP contribution in [-0.4, -0.2) is 6.04 Å². The van der Waals surface area contributed by atoms with Gasteiger partial charge in [-0.1, -0.05) is 36.4 Å². The van der Waals surface area contributed by atoms with Crippen LogP contribution < -0.4 is 5.73 Å². The Hall–Kier alpha value is -0.730. The Morgan fingerprint density at radius 1 is 1.29 bits per heavy atom. The highest BCUT2D eigenvalue weighted by Gasteiger charge is 2.27. The van der Waals surface area contributed by atoms with E-state index in [4.69, 9.17) is 5.73 Å². The molecule has 1 aliphatic rings. The summed E-state index contributed by atoms with van der Waals surface area (Å²) in [6, 6.07) is 10.8. The summed E-state index contributed by atoms with van der Waals surface area (Å²) in [6.45, 7) is 2.08. The van der Waals surface area contributed by atoms with Gasteiger partial charge in [-0.2, -0.15) is 0 Å². The van der Waals surface area contributed by atoms with Gasteiger partial charge >= 0.3 is 0 Å². The van der Waals surface area contributed by atoms with Gasteiger partial charge in [-0.25, -0.2) is 0 Å². The van der Waals surface area contributed by atoms with Gasteiger partial charge in [0.25, 0.3) is 0 Å². The van der Waals surface area contributed by atoms with E-state index in [1.165, 1.54) is 5.56 Å². The van der Waals surface area contributed by atoms with E-state index >= 15 is 0 Å². The SMILES string of the molecule is CC(N)C1C=CS[C@@H]1c1ccccc1. The maximum absolute atomic E-state index is 5.96. The molecular formula is C12H15NS. The number of rotatable bonds is 2. The van der Waals surface area contributed by atoms with Gasteiger partial charge < -0.3 is 5.73 Å². The van der Waals surface area contributed by atoms with Gasteiger partial charge in [-0.3, -0.25) is 0 Å². The minimum Gasteiger partial charge on any atom is -0.327 e. The number of hydrogen-bond donors (Lipinski definition) is 1. The predicted molar refractivity (Wildman–Crippen MR) is 63.1 cm³/mol. The molecule has 0 radical (unpaired) electrons. The van der Waals surface area contributed by atoms with Crippen LogP contribution in [-0.2, 0) is 0 Å². The van der Waals surface area contributed by atoms with Crippen molar-refractivity contribution < 1.29 is 0 Å². The zero-order valence-electron chi connectivity index (χ0n) is 8.26. The molecule has 1 heterocycles. The molecule has 2 heteroatoms. The summed E-state index contributed by atoms with van der Waals surface area (Å²) < 4.78 is 0. The molecule has 0 spiro atoms. The van der Waals surface area contributed by atoms with Gasteiger partial charge in [0.2, 0.25) is 0 Å². The Bertz CT molecular complexity index is 318. The lowest BCUT2D eigenvalue weighted by atomic mass is 9.93. The molecule has 0 saturated heterocycles.